The summed E-state index contributed by atoms with van der Waals surface area (Å²) >= 11 is 0. The van der Waals surface area contributed by atoms with Crippen LogP contribution in [0.25, 0.3) is 0 Å². The molecule has 0 aromatic carbocycles. The SMILES string of the molecule is C=N/C(C)=C(/N)C(C)=N. The second kappa shape index (κ2) is 3.02. The predicted octanol–water partition coefficient (Wildman–Crippen LogP) is 0.917. The Bertz CT molecular complexity index is 167. The summed E-state index contributed by atoms with van der Waals surface area (Å²) in [5, 5.41) is 7.06. The zero-order chi connectivity index (χ0) is 7.44. The molecule has 0 aliphatic heterocycles. The number of hydrogen-bond acceptors (Lipinski definition) is 3. The fraction of sp³-hybridized carbons (Fsp3) is 0.333. The third kappa shape index (κ3) is 2.08. The van der Waals surface area contributed by atoms with E-state index in [0.29, 0.717) is 17.1 Å². The highest BCUT2D eigenvalue weighted by Gasteiger charge is 1.95. The predicted molar refractivity (Wildman–Crippen MR) is 39.8 cm³/mol. The van der Waals surface area contributed by atoms with E-state index in [4.69, 9.17) is 11.1 Å². The Morgan fingerprint density at radius 2 is 2.00 bits per heavy atom. The molecule has 0 fully saturated rings. The van der Waals surface area contributed by atoms with Crippen LogP contribution in [-0.2, 0) is 0 Å². The highest BCUT2D eigenvalue weighted by molar-refractivity contribution is 5.95. The van der Waals surface area contributed by atoms with Crippen LogP contribution in [0.2, 0.25) is 0 Å². The molecule has 0 amide bonds. The van der Waals surface area contributed by atoms with Crippen LogP contribution in [0.4, 0.5) is 0 Å². The third-order valence-electron chi connectivity index (χ3n) is 1.03. The lowest BCUT2D eigenvalue weighted by molar-refractivity contribution is 1.22. The van der Waals surface area contributed by atoms with Crippen LogP contribution in [0.1, 0.15) is 13.8 Å². The van der Waals surface area contributed by atoms with Crippen molar-refractivity contribution in [1.82, 2.24) is 0 Å². The first-order valence-corrected chi connectivity index (χ1v) is 2.58. The van der Waals surface area contributed by atoms with Crippen LogP contribution in [0.15, 0.2) is 16.4 Å². The molecule has 0 atom stereocenters. The molecule has 9 heavy (non-hydrogen) atoms. The number of hydrogen-bond donors (Lipinski definition) is 2. The summed E-state index contributed by atoms with van der Waals surface area (Å²) in [6, 6.07) is 0. The van der Waals surface area contributed by atoms with Gasteiger partial charge in [0.1, 0.15) is 0 Å². The fourth-order valence-corrected chi connectivity index (χ4v) is 0.357. The average Bonchev–Trinajstić information content (AvgIpc) is 1.84. The van der Waals surface area contributed by atoms with Crippen molar-refractivity contribution in [3.05, 3.63) is 11.4 Å². The molecule has 3 N–H and O–H groups in total. The van der Waals surface area contributed by atoms with Crippen molar-refractivity contribution >= 4 is 12.4 Å². The second-order valence-electron chi connectivity index (χ2n) is 1.78. The molecule has 0 aliphatic carbocycles. The monoisotopic (exact) mass is 125 g/mol. The largest absolute Gasteiger partial charge is 0.396 e. The summed E-state index contributed by atoms with van der Waals surface area (Å²) < 4.78 is 0. The highest BCUT2D eigenvalue weighted by Crippen LogP contribution is 1.98. The summed E-state index contributed by atoms with van der Waals surface area (Å²) in [7, 11) is 0. The van der Waals surface area contributed by atoms with Crippen molar-refractivity contribution in [3.63, 3.8) is 0 Å². The molecule has 0 aromatic heterocycles. The number of nitrogens with zero attached hydrogens (tertiary/aromatic N) is 1. The molecule has 3 heteroatoms. The Hall–Kier alpha value is -1.12. The molecule has 0 heterocycles. The number of nitrogens with two attached hydrogens (primary N) is 1. The minimum Gasteiger partial charge on any atom is -0.396 e. The van der Waals surface area contributed by atoms with E-state index in [1.54, 1.807) is 13.8 Å². The lowest BCUT2D eigenvalue weighted by Gasteiger charge is -1.97. The van der Waals surface area contributed by atoms with Crippen LogP contribution >= 0.6 is 0 Å². The first-order chi connectivity index (χ1) is 4.09. The van der Waals surface area contributed by atoms with Gasteiger partial charge in [0, 0.05) is 0 Å². The van der Waals surface area contributed by atoms with Gasteiger partial charge in [0.15, 0.2) is 0 Å². The summed E-state index contributed by atoms with van der Waals surface area (Å²) in [5.74, 6) is 0. The molecular weight excluding hydrogens is 114 g/mol. The maximum Gasteiger partial charge on any atom is 0.0737 e. The van der Waals surface area contributed by atoms with Crippen molar-refractivity contribution in [1.29, 1.82) is 5.41 Å². The van der Waals surface area contributed by atoms with Crippen LogP contribution in [-0.4, -0.2) is 12.4 Å². The van der Waals surface area contributed by atoms with Crippen molar-refractivity contribution < 1.29 is 0 Å². The number of allylic oxidation sites excluding steroid dienone is 2. The van der Waals surface area contributed by atoms with Crippen LogP contribution in [0.3, 0.4) is 0 Å². The molecule has 0 aromatic rings. The summed E-state index contributed by atoms with van der Waals surface area (Å²) in [6.07, 6.45) is 0. The fourth-order valence-electron chi connectivity index (χ4n) is 0.357. The van der Waals surface area contributed by atoms with Gasteiger partial charge in [0.2, 0.25) is 0 Å². The number of nitrogens with one attached hydrogen (secondary N) is 1. The van der Waals surface area contributed by atoms with Crippen molar-refractivity contribution in [2.24, 2.45) is 10.7 Å². The Balaban J connectivity index is 4.47. The van der Waals surface area contributed by atoms with Gasteiger partial charge in [0.25, 0.3) is 0 Å². The first kappa shape index (κ1) is 7.88. The van der Waals surface area contributed by atoms with E-state index >= 15 is 0 Å². The van der Waals surface area contributed by atoms with E-state index in [2.05, 4.69) is 11.7 Å². The number of aliphatic imine (C=N–C) groups is 1. The van der Waals surface area contributed by atoms with Gasteiger partial charge in [-0.2, -0.15) is 0 Å². The number of rotatable bonds is 2. The van der Waals surface area contributed by atoms with Crippen LogP contribution in [0, 0.1) is 5.41 Å². The van der Waals surface area contributed by atoms with Crippen LogP contribution in [0.5, 0.6) is 0 Å². The standard InChI is InChI=1S/C6H11N3/c1-4(7)6(8)5(2)9-3/h7H,3,8H2,1-2H3/b6-5+,7-4?. The average molecular weight is 125 g/mol. The van der Waals surface area contributed by atoms with Crippen molar-refractivity contribution in [2.75, 3.05) is 0 Å². The maximum atomic E-state index is 7.06. The first-order valence-electron chi connectivity index (χ1n) is 2.58. The smallest absolute Gasteiger partial charge is 0.0737 e. The molecule has 3 nitrogen and oxygen atoms in total. The van der Waals surface area contributed by atoms with Gasteiger partial charge in [-0.1, -0.05) is 0 Å². The minimum absolute atomic E-state index is 0.333. The van der Waals surface area contributed by atoms with E-state index in [0.717, 1.165) is 0 Å². The molecule has 0 saturated carbocycles. The van der Waals surface area contributed by atoms with E-state index < -0.39 is 0 Å². The second-order valence-corrected chi connectivity index (χ2v) is 1.78. The molecule has 0 rings (SSSR count). The third-order valence-corrected chi connectivity index (χ3v) is 1.03. The van der Waals surface area contributed by atoms with Crippen molar-refractivity contribution in [2.45, 2.75) is 13.8 Å². The zero-order valence-electron chi connectivity index (χ0n) is 5.73. The van der Waals surface area contributed by atoms with E-state index in [-0.39, 0.29) is 0 Å². The summed E-state index contributed by atoms with van der Waals surface area (Å²) in [4.78, 5) is 3.57. The molecular formula is C6H11N3. The molecule has 0 spiro atoms. The molecule has 50 valence electrons. The quantitative estimate of drug-likeness (QED) is 0.529. The summed E-state index contributed by atoms with van der Waals surface area (Å²) in [5.41, 5.74) is 6.75. The van der Waals surface area contributed by atoms with Gasteiger partial charge < -0.3 is 11.1 Å². The van der Waals surface area contributed by atoms with Gasteiger partial charge in [-0.25, -0.2) is 0 Å². The molecule has 0 saturated heterocycles. The zero-order valence-corrected chi connectivity index (χ0v) is 5.73. The summed E-state index contributed by atoms with van der Waals surface area (Å²) in [6.45, 7) is 6.62. The Morgan fingerprint density at radius 3 is 2.11 bits per heavy atom. The Kier molecular flexibility index (Phi) is 2.64. The van der Waals surface area contributed by atoms with Gasteiger partial charge in [-0.15, -0.1) is 0 Å². The van der Waals surface area contributed by atoms with E-state index in [1.165, 1.54) is 0 Å². The van der Waals surface area contributed by atoms with Crippen LogP contribution < -0.4 is 5.73 Å². The van der Waals surface area contributed by atoms with Gasteiger partial charge in [-0.3, -0.25) is 4.99 Å². The van der Waals surface area contributed by atoms with E-state index in [1.807, 2.05) is 0 Å². The Labute approximate surface area is 54.8 Å². The molecule has 0 aliphatic rings. The van der Waals surface area contributed by atoms with Gasteiger partial charge >= 0.3 is 0 Å². The van der Waals surface area contributed by atoms with Gasteiger partial charge in [0.05, 0.1) is 17.1 Å². The normalized spacial score (nSPS) is 12.2. The molecule has 0 unspecified atom stereocenters. The lowest BCUT2D eigenvalue weighted by Crippen LogP contribution is -2.08. The topological polar surface area (TPSA) is 62.2 Å². The highest BCUT2D eigenvalue weighted by atomic mass is 14.8. The molecule has 0 radical (unpaired) electrons. The minimum atomic E-state index is 0.333. The maximum absolute atomic E-state index is 7.06. The van der Waals surface area contributed by atoms with Gasteiger partial charge in [-0.05, 0) is 20.6 Å². The molecule has 0 bridgehead atoms. The van der Waals surface area contributed by atoms with Crippen molar-refractivity contribution in [3.8, 4) is 0 Å². The lowest BCUT2D eigenvalue weighted by atomic mass is 10.3. The Morgan fingerprint density at radius 1 is 1.56 bits per heavy atom. The van der Waals surface area contributed by atoms with E-state index in [9.17, 15) is 0 Å².